The molecule has 15 heavy (non-hydrogen) atoms. The lowest BCUT2D eigenvalue weighted by atomic mass is 10.2. The molecule has 74 valence electrons. The summed E-state index contributed by atoms with van der Waals surface area (Å²) in [5.74, 6) is 0. The first-order valence-corrected chi connectivity index (χ1v) is 4.45. The molecule has 0 radical (unpaired) electrons. The van der Waals surface area contributed by atoms with Gasteiger partial charge in [-0.1, -0.05) is 17.7 Å². The lowest BCUT2D eigenvalue weighted by molar-refractivity contribution is 1.30. The van der Waals surface area contributed by atoms with E-state index in [1.807, 2.05) is 13.0 Å². The van der Waals surface area contributed by atoms with E-state index in [-0.39, 0.29) is 5.71 Å². The van der Waals surface area contributed by atoms with Crippen molar-refractivity contribution in [2.45, 2.75) is 6.92 Å². The number of hydrazone groups is 1. The van der Waals surface area contributed by atoms with Crippen LogP contribution in [0.1, 0.15) is 5.56 Å². The first-order chi connectivity index (χ1) is 7.17. The van der Waals surface area contributed by atoms with E-state index in [1.165, 1.54) is 0 Å². The average Bonchev–Trinajstić information content (AvgIpc) is 2.24. The third-order valence-corrected chi connectivity index (χ3v) is 1.93. The van der Waals surface area contributed by atoms with Crippen LogP contribution in [0.15, 0.2) is 23.3 Å². The summed E-state index contributed by atoms with van der Waals surface area (Å²) in [5, 5.41) is 21.1. The molecule has 0 amide bonds. The fraction of sp³-hybridized carbons (Fsp3) is 0.100. The van der Waals surface area contributed by atoms with Gasteiger partial charge in [-0.3, -0.25) is 5.43 Å². The lowest BCUT2D eigenvalue weighted by Crippen LogP contribution is -1.97. The number of halogens is 1. The van der Waals surface area contributed by atoms with Crippen LogP contribution in [-0.2, 0) is 0 Å². The molecule has 0 spiro atoms. The zero-order chi connectivity index (χ0) is 11.3. The summed E-state index contributed by atoms with van der Waals surface area (Å²) in [6, 6.07) is 8.54. The average molecular weight is 219 g/mol. The van der Waals surface area contributed by atoms with E-state index in [0.717, 1.165) is 5.56 Å². The van der Waals surface area contributed by atoms with Crippen molar-refractivity contribution >= 4 is 23.0 Å². The predicted molar refractivity (Wildman–Crippen MR) is 58.5 cm³/mol. The maximum Gasteiger partial charge on any atom is 0.237 e. The van der Waals surface area contributed by atoms with E-state index < -0.39 is 0 Å². The van der Waals surface area contributed by atoms with E-state index in [1.54, 1.807) is 24.3 Å². The van der Waals surface area contributed by atoms with Crippen molar-refractivity contribution in [2.75, 3.05) is 5.43 Å². The smallest absolute Gasteiger partial charge is 0.237 e. The molecule has 0 aliphatic rings. The molecular formula is C10H7ClN4. The number of nitrogens with zero attached hydrogens (tertiary/aromatic N) is 3. The van der Waals surface area contributed by atoms with Crippen molar-refractivity contribution in [2.24, 2.45) is 5.10 Å². The molecule has 0 fully saturated rings. The maximum absolute atomic E-state index is 8.46. The first-order valence-electron chi connectivity index (χ1n) is 4.07. The first kappa shape index (κ1) is 11.0. The van der Waals surface area contributed by atoms with Crippen LogP contribution in [0.5, 0.6) is 0 Å². The number of rotatable bonds is 2. The lowest BCUT2D eigenvalue weighted by Gasteiger charge is -2.04. The highest BCUT2D eigenvalue weighted by molar-refractivity contribution is 6.30. The zero-order valence-electron chi connectivity index (χ0n) is 7.95. The van der Waals surface area contributed by atoms with Gasteiger partial charge in [-0.2, -0.15) is 15.6 Å². The van der Waals surface area contributed by atoms with Gasteiger partial charge in [0.15, 0.2) is 0 Å². The van der Waals surface area contributed by atoms with Crippen molar-refractivity contribution in [3.63, 3.8) is 0 Å². The van der Waals surface area contributed by atoms with Crippen LogP contribution in [-0.4, -0.2) is 5.71 Å². The summed E-state index contributed by atoms with van der Waals surface area (Å²) < 4.78 is 0. The topological polar surface area (TPSA) is 72.0 Å². The Morgan fingerprint density at radius 3 is 2.67 bits per heavy atom. The summed E-state index contributed by atoms with van der Waals surface area (Å²) in [5.41, 5.74) is 3.99. The van der Waals surface area contributed by atoms with Crippen LogP contribution in [0.25, 0.3) is 0 Å². The van der Waals surface area contributed by atoms with Crippen molar-refractivity contribution in [1.29, 1.82) is 10.5 Å². The summed E-state index contributed by atoms with van der Waals surface area (Å²) >= 11 is 5.78. The highest BCUT2D eigenvalue weighted by Gasteiger charge is 1.99. The van der Waals surface area contributed by atoms with Gasteiger partial charge in [0.05, 0.1) is 5.69 Å². The Hall–Kier alpha value is -2.04. The van der Waals surface area contributed by atoms with Crippen molar-refractivity contribution in [3.8, 4) is 12.1 Å². The number of nitriles is 2. The Bertz CT molecular complexity index is 463. The van der Waals surface area contributed by atoms with Gasteiger partial charge in [0, 0.05) is 5.02 Å². The van der Waals surface area contributed by atoms with Gasteiger partial charge in [-0.05, 0) is 24.6 Å². The molecule has 1 aromatic carbocycles. The fourth-order valence-electron chi connectivity index (χ4n) is 0.906. The second-order valence-electron chi connectivity index (χ2n) is 2.76. The van der Waals surface area contributed by atoms with E-state index >= 15 is 0 Å². The van der Waals surface area contributed by atoms with Gasteiger partial charge < -0.3 is 0 Å². The molecule has 0 aromatic heterocycles. The predicted octanol–water partition coefficient (Wildman–Crippen LogP) is 2.46. The molecule has 0 bridgehead atoms. The van der Waals surface area contributed by atoms with E-state index in [0.29, 0.717) is 10.7 Å². The number of hydrogen-bond acceptors (Lipinski definition) is 4. The Morgan fingerprint density at radius 1 is 1.40 bits per heavy atom. The number of hydrogen-bond donors (Lipinski definition) is 1. The van der Waals surface area contributed by atoms with Gasteiger partial charge in [-0.15, -0.1) is 0 Å². The van der Waals surface area contributed by atoms with Crippen LogP contribution in [0, 0.1) is 29.6 Å². The minimum absolute atomic E-state index is 0.227. The molecule has 1 aromatic rings. The van der Waals surface area contributed by atoms with Gasteiger partial charge in [-0.25, -0.2) is 0 Å². The molecule has 0 aliphatic carbocycles. The fourth-order valence-corrected chi connectivity index (χ4v) is 1.08. The molecule has 0 saturated heterocycles. The normalized spacial score (nSPS) is 8.53. The summed E-state index contributed by atoms with van der Waals surface area (Å²) in [4.78, 5) is 0. The van der Waals surface area contributed by atoms with Crippen LogP contribution in [0.2, 0.25) is 5.02 Å². The Labute approximate surface area is 92.4 Å². The van der Waals surface area contributed by atoms with Crippen molar-refractivity contribution in [1.82, 2.24) is 0 Å². The molecular weight excluding hydrogens is 212 g/mol. The van der Waals surface area contributed by atoms with Crippen LogP contribution in [0.3, 0.4) is 0 Å². The molecule has 0 saturated carbocycles. The van der Waals surface area contributed by atoms with Crippen LogP contribution < -0.4 is 5.43 Å². The van der Waals surface area contributed by atoms with Gasteiger partial charge in [0.25, 0.3) is 0 Å². The quantitative estimate of drug-likeness (QED) is 0.612. The van der Waals surface area contributed by atoms with Crippen molar-refractivity contribution in [3.05, 3.63) is 28.8 Å². The monoisotopic (exact) mass is 218 g/mol. The summed E-state index contributed by atoms with van der Waals surface area (Å²) in [7, 11) is 0. The Kier molecular flexibility index (Phi) is 3.68. The SMILES string of the molecule is Cc1ccc(Cl)cc1NN=C(C#N)C#N. The zero-order valence-corrected chi connectivity index (χ0v) is 8.71. The third-order valence-electron chi connectivity index (χ3n) is 1.70. The molecule has 0 aliphatic heterocycles. The highest BCUT2D eigenvalue weighted by atomic mass is 35.5. The van der Waals surface area contributed by atoms with E-state index in [2.05, 4.69) is 10.5 Å². The van der Waals surface area contributed by atoms with Gasteiger partial charge in [0.1, 0.15) is 12.1 Å². The molecule has 1 N–H and O–H groups in total. The summed E-state index contributed by atoms with van der Waals surface area (Å²) in [6.07, 6.45) is 0. The molecule has 1 rings (SSSR count). The standard InChI is InChI=1S/C10H7ClN4/c1-7-2-3-8(11)4-10(7)15-14-9(5-12)6-13/h2-4,15H,1H3. The molecule has 0 atom stereocenters. The summed E-state index contributed by atoms with van der Waals surface area (Å²) in [6.45, 7) is 1.87. The number of aryl methyl sites for hydroxylation is 1. The molecule has 0 heterocycles. The molecule has 0 unspecified atom stereocenters. The van der Waals surface area contributed by atoms with Crippen LogP contribution >= 0.6 is 11.6 Å². The van der Waals surface area contributed by atoms with Crippen molar-refractivity contribution < 1.29 is 0 Å². The Balaban J connectivity index is 2.92. The third kappa shape index (κ3) is 2.98. The maximum atomic E-state index is 8.46. The number of anilines is 1. The van der Waals surface area contributed by atoms with Crippen LogP contribution in [0.4, 0.5) is 5.69 Å². The Morgan fingerprint density at radius 2 is 2.07 bits per heavy atom. The van der Waals surface area contributed by atoms with E-state index in [9.17, 15) is 0 Å². The number of benzene rings is 1. The molecule has 5 heteroatoms. The highest BCUT2D eigenvalue weighted by Crippen LogP contribution is 2.19. The minimum Gasteiger partial charge on any atom is -0.276 e. The second kappa shape index (κ2) is 4.99. The molecule has 4 nitrogen and oxygen atoms in total. The minimum atomic E-state index is -0.227. The number of nitrogens with one attached hydrogen (secondary N) is 1. The van der Waals surface area contributed by atoms with E-state index in [4.69, 9.17) is 22.1 Å². The van der Waals surface area contributed by atoms with Gasteiger partial charge >= 0.3 is 0 Å². The van der Waals surface area contributed by atoms with Gasteiger partial charge in [0.2, 0.25) is 5.71 Å². The second-order valence-corrected chi connectivity index (χ2v) is 3.19. The largest absolute Gasteiger partial charge is 0.276 e.